The van der Waals surface area contributed by atoms with Crippen molar-refractivity contribution in [3.05, 3.63) is 64.7 Å². The summed E-state index contributed by atoms with van der Waals surface area (Å²) in [7, 11) is 0. The van der Waals surface area contributed by atoms with Crippen molar-refractivity contribution in [2.75, 3.05) is 13.2 Å². The van der Waals surface area contributed by atoms with E-state index in [2.05, 4.69) is 11.8 Å². The number of benzene rings is 2. The lowest BCUT2D eigenvalue weighted by Gasteiger charge is -2.10. The van der Waals surface area contributed by atoms with E-state index in [0.29, 0.717) is 23.9 Å². The molecule has 0 fully saturated rings. The molecule has 2 nitrogen and oxygen atoms in total. The highest BCUT2D eigenvalue weighted by atomic mass is 35.5. The molecule has 0 heterocycles. The van der Waals surface area contributed by atoms with E-state index in [4.69, 9.17) is 22.1 Å². The predicted octanol–water partition coefficient (Wildman–Crippen LogP) is 3.27. The van der Waals surface area contributed by atoms with Gasteiger partial charge in [0.1, 0.15) is 12.4 Å². The lowest BCUT2D eigenvalue weighted by Crippen LogP contribution is -2.06. The van der Waals surface area contributed by atoms with Gasteiger partial charge in [0.05, 0.1) is 5.02 Å². The fourth-order valence-electron chi connectivity index (χ4n) is 1.84. The van der Waals surface area contributed by atoms with Gasteiger partial charge in [0.2, 0.25) is 0 Å². The Morgan fingerprint density at radius 3 is 2.60 bits per heavy atom. The average molecular weight is 286 g/mol. The zero-order valence-corrected chi connectivity index (χ0v) is 11.9. The van der Waals surface area contributed by atoms with E-state index in [1.54, 1.807) is 0 Å². The van der Waals surface area contributed by atoms with Gasteiger partial charge in [-0.15, -0.1) is 0 Å². The van der Waals surface area contributed by atoms with Crippen molar-refractivity contribution in [2.24, 2.45) is 5.73 Å². The zero-order chi connectivity index (χ0) is 14.2. The molecule has 102 valence electrons. The Balaban J connectivity index is 2.03. The molecule has 0 saturated heterocycles. The molecule has 0 bridgehead atoms. The Labute approximate surface area is 124 Å². The SMILES string of the molecule is NCCc1cccc(Cl)c1OCC#Cc1ccccc1. The quantitative estimate of drug-likeness (QED) is 0.875. The second-order valence-electron chi connectivity index (χ2n) is 4.22. The van der Waals surface area contributed by atoms with Crippen LogP contribution in [0.15, 0.2) is 48.5 Å². The third kappa shape index (κ3) is 4.03. The molecule has 3 heteroatoms. The van der Waals surface area contributed by atoms with Gasteiger partial charge in [0.15, 0.2) is 0 Å². The molecule has 0 aliphatic carbocycles. The van der Waals surface area contributed by atoms with Gasteiger partial charge >= 0.3 is 0 Å². The van der Waals surface area contributed by atoms with E-state index in [9.17, 15) is 0 Å². The van der Waals surface area contributed by atoms with Crippen molar-refractivity contribution >= 4 is 11.6 Å². The molecular weight excluding hydrogens is 270 g/mol. The van der Waals surface area contributed by atoms with Gasteiger partial charge in [0.25, 0.3) is 0 Å². The maximum absolute atomic E-state index is 6.15. The van der Waals surface area contributed by atoms with Gasteiger partial charge in [-0.1, -0.05) is 53.8 Å². The van der Waals surface area contributed by atoms with Gasteiger partial charge < -0.3 is 10.5 Å². The molecule has 2 aromatic rings. The maximum atomic E-state index is 6.15. The number of nitrogens with two attached hydrogens (primary N) is 1. The van der Waals surface area contributed by atoms with Gasteiger partial charge in [0, 0.05) is 5.56 Å². The number of para-hydroxylation sites is 1. The zero-order valence-electron chi connectivity index (χ0n) is 11.1. The first-order chi connectivity index (χ1) is 9.81. The van der Waals surface area contributed by atoms with E-state index in [0.717, 1.165) is 17.5 Å². The van der Waals surface area contributed by atoms with Gasteiger partial charge in [-0.3, -0.25) is 0 Å². The van der Waals surface area contributed by atoms with E-state index < -0.39 is 0 Å². The van der Waals surface area contributed by atoms with Crippen LogP contribution in [0.1, 0.15) is 11.1 Å². The number of hydrogen-bond donors (Lipinski definition) is 1. The van der Waals surface area contributed by atoms with E-state index in [1.165, 1.54) is 0 Å². The van der Waals surface area contributed by atoms with Crippen LogP contribution in [-0.2, 0) is 6.42 Å². The van der Waals surface area contributed by atoms with Crippen LogP contribution in [0, 0.1) is 11.8 Å². The van der Waals surface area contributed by atoms with Gasteiger partial charge in [-0.2, -0.15) is 0 Å². The van der Waals surface area contributed by atoms with Crippen molar-refractivity contribution in [2.45, 2.75) is 6.42 Å². The molecule has 0 radical (unpaired) electrons. The molecule has 0 aromatic heterocycles. The van der Waals surface area contributed by atoms with Crippen molar-refractivity contribution in [1.82, 2.24) is 0 Å². The van der Waals surface area contributed by atoms with Gasteiger partial charge in [-0.25, -0.2) is 0 Å². The lowest BCUT2D eigenvalue weighted by molar-refractivity contribution is 0.366. The molecule has 2 rings (SSSR count). The average Bonchev–Trinajstić information content (AvgIpc) is 2.47. The fraction of sp³-hybridized carbons (Fsp3) is 0.176. The molecule has 0 aliphatic rings. The van der Waals surface area contributed by atoms with Crippen molar-refractivity contribution in [1.29, 1.82) is 0 Å². The first-order valence-corrected chi connectivity index (χ1v) is 6.83. The maximum Gasteiger partial charge on any atom is 0.149 e. The number of ether oxygens (including phenoxy) is 1. The molecule has 0 unspecified atom stereocenters. The highest BCUT2D eigenvalue weighted by molar-refractivity contribution is 6.32. The van der Waals surface area contributed by atoms with Crippen LogP contribution < -0.4 is 10.5 Å². The summed E-state index contributed by atoms with van der Waals surface area (Å²) in [5.74, 6) is 6.71. The Morgan fingerprint density at radius 2 is 1.85 bits per heavy atom. The van der Waals surface area contributed by atoms with Crippen LogP contribution in [0.2, 0.25) is 5.02 Å². The van der Waals surface area contributed by atoms with Gasteiger partial charge in [-0.05, 0) is 36.7 Å². The third-order valence-corrected chi connectivity index (χ3v) is 3.06. The molecule has 0 atom stereocenters. The van der Waals surface area contributed by atoms with Crippen LogP contribution in [0.25, 0.3) is 0 Å². The second-order valence-corrected chi connectivity index (χ2v) is 4.63. The summed E-state index contributed by atoms with van der Waals surface area (Å²) in [5.41, 5.74) is 7.57. The Morgan fingerprint density at radius 1 is 1.05 bits per heavy atom. The predicted molar refractivity (Wildman–Crippen MR) is 83.0 cm³/mol. The molecule has 2 N–H and O–H groups in total. The highest BCUT2D eigenvalue weighted by Crippen LogP contribution is 2.28. The topological polar surface area (TPSA) is 35.2 Å². The molecular formula is C17H16ClNO. The molecule has 0 amide bonds. The first-order valence-electron chi connectivity index (χ1n) is 6.45. The number of hydrogen-bond acceptors (Lipinski definition) is 2. The van der Waals surface area contributed by atoms with E-state index in [1.807, 2.05) is 48.5 Å². The van der Waals surface area contributed by atoms with Crippen LogP contribution in [-0.4, -0.2) is 13.2 Å². The van der Waals surface area contributed by atoms with Crippen LogP contribution in [0.5, 0.6) is 5.75 Å². The Bertz CT molecular complexity index is 614. The molecule has 20 heavy (non-hydrogen) atoms. The summed E-state index contributed by atoms with van der Waals surface area (Å²) in [4.78, 5) is 0. The molecule has 0 saturated carbocycles. The molecule has 2 aromatic carbocycles. The summed E-state index contributed by atoms with van der Waals surface area (Å²) in [6.45, 7) is 0.864. The van der Waals surface area contributed by atoms with Crippen LogP contribution in [0.3, 0.4) is 0 Å². The number of halogens is 1. The summed E-state index contributed by atoms with van der Waals surface area (Å²) >= 11 is 6.15. The first kappa shape index (κ1) is 14.5. The standard InChI is InChI=1S/C17H16ClNO/c18-16-10-4-9-15(11-12-19)17(16)20-13-5-8-14-6-2-1-3-7-14/h1-4,6-7,9-10H,11-13,19H2. The summed E-state index contributed by atoms with van der Waals surface area (Å²) in [5, 5.41) is 0.595. The van der Waals surface area contributed by atoms with Crippen molar-refractivity contribution in [3.8, 4) is 17.6 Å². The van der Waals surface area contributed by atoms with Crippen LogP contribution in [0.4, 0.5) is 0 Å². The largest absolute Gasteiger partial charge is 0.479 e. The molecule has 0 spiro atoms. The van der Waals surface area contributed by atoms with Crippen molar-refractivity contribution in [3.63, 3.8) is 0 Å². The highest BCUT2D eigenvalue weighted by Gasteiger charge is 2.06. The lowest BCUT2D eigenvalue weighted by atomic mass is 10.1. The monoisotopic (exact) mass is 285 g/mol. The number of rotatable bonds is 4. The minimum Gasteiger partial charge on any atom is -0.479 e. The van der Waals surface area contributed by atoms with E-state index >= 15 is 0 Å². The Kier molecular flexibility index (Phi) is 5.49. The van der Waals surface area contributed by atoms with Crippen LogP contribution >= 0.6 is 11.6 Å². The van der Waals surface area contributed by atoms with E-state index in [-0.39, 0.29) is 0 Å². The minimum absolute atomic E-state index is 0.302. The molecule has 0 aliphatic heterocycles. The fourth-order valence-corrected chi connectivity index (χ4v) is 2.08. The van der Waals surface area contributed by atoms with Crippen molar-refractivity contribution < 1.29 is 4.74 Å². The third-order valence-electron chi connectivity index (χ3n) is 2.76. The normalized spacial score (nSPS) is 9.70. The second kappa shape index (κ2) is 7.59. The minimum atomic E-state index is 0.302. The summed E-state index contributed by atoms with van der Waals surface area (Å²) < 4.78 is 5.68. The Hall–Kier alpha value is -1.95. The summed E-state index contributed by atoms with van der Waals surface area (Å²) in [6, 6.07) is 15.5. The summed E-state index contributed by atoms with van der Waals surface area (Å²) in [6.07, 6.45) is 0.738. The smallest absolute Gasteiger partial charge is 0.149 e.